The molecule has 1 fully saturated rings. The van der Waals surface area contributed by atoms with E-state index in [4.69, 9.17) is 4.74 Å². The lowest BCUT2D eigenvalue weighted by molar-refractivity contribution is -0.137. The molecule has 0 saturated carbocycles. The van der Waals surface area contributed by atoms with Crippen LogP contribution in [0.3, 0.4) is 0 Å². The van der Waals surface area contributed by atoms with Gasteiger partial charge in [-0.25, -0.2) is 0 Å². The zero-order valence-corrected chi connectivity index (χ0v) is 18.4. The maximum absolute atomic E-state index is 13.1. The molecule has 1 unspecified atom stereocenters. The van der Waals surface area contributed by atoms with Gasteiger partial charge in [-0.1, -0.05) is 24.3 Å². The predicted octanol–water partition coefficient (Wildman–Crippen LogP) is 4.90. The van der Waals surface area contributed by atoms with E-state index in [-0.39, 0.29) is 11.9 Å². The molecule has 3 aromatic rings. The number of anilines is 2. The van der Waals surface area contributed by atoms with E-state index >= 15 is 0 Å². The van der Waals surface area contributed by atoms with Gasteiger partial charge in [-0.05, 0) is 54.3 Å². The first kappa shape index (κ1) is 22.4. The highest BCUT2D eigenvalue weighted by Crippen LogP contribution is 2.37. The van der Waals surface area contributed by atoms with E-state index < -0.39 is 11.7 Å². The van der Waals surface area contributed by atoms with Crippen LogP contribution in [0.25, 0.3) is 0 Å². The molecule has 1 amide bonds. The highest BCUT2D eigenvalue weighted by molar-refractivity contribution is 5.98. The Hall–Kier alpha value is -3.39. The zero-order valence-electron chi connectivity index (χ0n) is 18.4. The molecule has 176 valence electrons. The van der Waals surface area contributed by atoms with Crippen molar-refractivity contribution in [3.05, 3.63) is 88.7 Å². The molecule has 1 N–H and O–H groups in total. The fourth-order valence-corrected chi connectivity index (χ4v) is 4.62. The first-order valence-corrected chi connectivity index (χ1v) is 11.3. The summed E-state index contributed by atoms with van der Waals surface area (Å²) in [6.07, 6.45) is -0.861. The number of benzene rings is 2. The minimum Gasteiger partial charge on any atom is -0.379 e. The zero-order chi connectivity index (χ0) is 23.7. The van der Waals surface area contributed by atoms with Crippen LogP contribution in [-0.4, -0.2) is 36.7 Å². The quantitative estimate of drug-likeness (QED) is 0.580. The third-order valence-corrected chi connectivity index (χ3v) is 6.29. The number of nitrogens with one attached hydrogen (secondary N) is 1. The SMILES string of the molecule is O=C(NC1CCOC1)c1cccc2c1CCN2c1ccnc(Cc2cccc(C(F)(F)F)c2)c1. The fraction of sp³-hybridized carbons (Fsp3) is 0.308. The molecular weight excluding hydrogens is 443 g/mol. The van der Waals surface area contributed by atoms with Gasteiger partial charge in [0.1, 0.15) is 0 Å². The van der Waals surface area contributed by atoms with Crippen LogP contribution in [0.1, 0.15) is 39.2 Å². The number of nitrogens with zero attached hydrogens (tertiary/aromatic N) is 2. The maximum Gasteiger partial charge on any atom is 0.416 e. The van der Waals surface area contributed by atoms with Crippen LogP contribution in [0, 0.1) is 0 Å². The molecule has 3 heterocycles. The van der Waals surface area contributed by atoms with Gasteiger partial charge in [-0.2, -0.15) is 13.2 Å². The maximum atomic E-state index is 13.1. The summed E-state index contributed by atoms with van der Waals surface area (Å²) in [7, 11) is 0. The van der Waals surface area contributed by atoms with Gasteiger partial charge in [0.2, 0.25) is 0 Å². The summed E-state index contributed by atoms with van der Waals surface area (Å²) >= 11 is 0. The van der Waals surface area contributed by atoms with E-state index in [9.17, 15) is 18.0 Å². The van der Waals surface area contributed by atoms with Crippen LogP contribution in [0.2, 0.25) is 0 Å². The summed E-state index contributed by atoms with van der Waals surface area (Å²) in [5.41, 5.74) is 4.10. The minimum absolute atomic E-state index is 0.0412. The van der Waals surface area contributed by atoms with E-state index in [0.717, 1.165) is 35.8 Å². The fourth-order valence-electron chi connectivity index (χ4n) is 4.62. The highest BCUT2D eigenvalue weighted by atomic mass is 19.4. The Morgan fingerprint density at radius 3 is 2.79 bits per heavy atom. The van der Waals surface area contributed by atoms with Crippen LogP contribution in [-0.2, 0) is 23.8 Å². The molecule has 34 heavy (non-hydrogen) atoms. The van der Waals surface area contributed by atoms with E-state index in [1.807, 2.05) is 30.3 Å². The number of halogens is 3. The molecular formula is C26H24F3N3O2. The van der Waals surface area contributed by atoms with Gasteiger partial charge in [0.25, 0.3) is 5.91 Å². The number of fused-ring (bicyclic) bond motifs is 1. The lowest BCUT2D eigenvalue weighted by Gasteiger charge is -2.21. The smallest absolute Gasteiger partial charge is 0.379 e. The molecule has 5 nitrogen and oxygen atoms in total. The lowest BCUT2D eigenvalue weighted by atomic mass is 10.0. The summed E-state index contributed by atoms with van der Waals surface area (Å²) in [5, 5.41) is 3.06. The van der Waals surface area contributed by atoms with Crippen molar-refractivity contribution >= 4 is 17.3 Å². The van der Waals surface area contributed by atoms with Crippen LogP contribution in [0.15, 0.2) is 60.8 Å². The molecule has 2 aliphatic heterocycles. The molecule has 2 aromatic carbocycles. The van der Waals surface area contributed by atoms with Crippen molar-refractivity contribution < 1.29 is 22.7 Å². The number of carbonyl (C=O) groups is 1. The second-order valence-electron chi connectivity index (χ2n) is 8.62. The Morgan fingerprint density at radius 2 is 2.00 bits per heavy atom. The lowest BCUT2D eigenvalue weighted by Crippen LogP contribution is -2.35. The van der Waals surface area contributed by atoms with Crippen LogP contribution >= 0.6 is 0 Å². The van der Waals surface area contributed by atoms with Crippen molar-refractivity contribution in [1.29, 1.82) is 0 Å². The minimum atomic E-state index is -4.38. The second-order valence-corrected chi connectivity index (χ2v) is 8.62. The summed E-state index contributed by atoms with van der Waals surface area (Å²) < 4.78 is 44.5. The van der Waals surface area contributed by atoms with Crippen molar-refractivity contribution in [3.8, 4) is 0 Å². The number of amides is 1. The largest absolute Gasteiger partial charge is 0.416 e. The normalized spacial score (nSPS) is 17.6. The van der Waals surface area contributed by atoms with Gasteiger partial charge in [0, 0.05) is 48.4 Å². The number of ether oxygens (including phenoxy) is 1. The molecule has 0 aliphatic carbocycles. The number of rotatable bonds is 5. The van der Waals surface area contributed by atoms with Gasteiger partial charge < -0.3 is 15.0 Å². The first-order chi connectivity index (χ1) is 16.4. The average Bonchev–Trinajstić information content (AvgIpc) is 3.48. The number of pyridine rings is 1. The number of hydrogen-bond acceptors (Lipinski definition) is 4. The van der Waals surface area contributed by atoms with Crippen LogP contribution in [0.5, 0.6) is 0 Å². The number of hydrogen-bond donors (Lipinski definition) is 1. The van der Waals surface area contributed by atoms with E-state index in [2.05, 4.69) is 15.2 Å². The summed E-state index contributed by atoms with van der Waals surface area (Å²) in [6.45, 7) is 1.91. The second kappa shape index (κ2) is 9.10. The molecule has 2 aliphatic rings. The van der Waals surface area contributed by atoms with Crippen molar-refractivity contribution in [3.63, 3.8) is 0 Å². The van der Waals surface area contributed by atoms with Crippen LogP contribution in [0.4, 0.5) is 24.5 Å². The summed E-state index contributed by atoms with van der Waals surface area (Å²) in [4.78, 5) is 19.4. The standard InChI is InChI=1S/C26H24F3N3O2/c27-26(28,29)18-4-1-3-17(13-18)14-20-15-21(7-10-30-20)32-11-8-22-23(5-2-6-24(22)32)25(33)31-19-9-12-34-16-19/h1-7,10,13,15,19H,8-9,11-12,14,16H2,(H,31,33). The molecule has 1 saturated heterocycles. The van der Waals surface area contributed by atoms with Gasteiger partial charge in [-0.15, -0.1) is 0 Å². The van der Waals surface area contributed by atoms with Crippen molar-refractivity contribution in [2.24, 2.45) is 0 Å². The van der Waals surface area contributed by atoms with Crippen LogP contribution < -0.4 is 10.2 Å². The molecule has 0 spiro atoms. The highest BCUT2D eigenvalue weighted by Gasteiger charge is 2.30. The van der Waals surface area contributed by atoms with E-state index in [0.29, 0.717) is 43.0 Å². The Balaban J connectivity index is 1.37. The Kier molecular flexibility index (Phi) is 6.00. The third kappa shape index (κ3) is 4.63. The predicted molar refractivity (Wildman–Crippen MR) is 122 cm³/mol. The van der Waals surface area contributed by atoms with Crippen molar-refractivity contribution in [2.45, 2.75) is 31.5 Å². The monoisotopic (exact) mass is 467 g/mol. The van der Waals surface area contributed by atoms with Gasteiger partial charge in [0.15, 0.2) is 0 Å². The van der Waals surface area contributed by atoms with E-state index in [1.165, 1.54) is 12.1 Å². The van der Waals surface area contributed by atoms with E-state index in [1.54, 1.807) is 12.3 Å². The third-order valence-electron chi connectivity index (χ3n) is 6.29. The molecule has 8 heteroatoms. The molecule has 1 atom stereocenters. The first-order valence-electron chi connectivity index (χ1n) is 11.3. The van der Waals surface area contributed by atoms with Crippen molar-refractivity contribution in [1.82, 2.24) is 10.3 Å². The molecule has 1 aromatic heterocycles. The molecule has 5 rings (SSSR count). The Morgan fingerprint density at radius 1 is 1.15 bits per heavy atom. The summed E-state index contributed by atoms with van der Waals surface area (Å²) in [5.74, 6) is -0.0887. The average molecular weight is 467 g/mol. The number of aromatic nitrogens is 1. The topological polar surface area (TPSA) is 54.5 Å². The Labute approximate surface area is 195 Å². The van der Waals surface area contributed by atoms with Crippen molar-refractivity contribution in [2.75, 3.05) is 24.7 Å². The van der Waals surface area contributed by atoms with Gasteiger partial charge in [0.05, 0.1) is 18.2 Å². The van der Waals surface area contributed by atoms with Gasteiger partial charge in [-0.3, -0.25) is 9.78 Å². The number of alkyl halides is 3. The number of carbonyl (C=O) groups excluding carboxylic acids is 1. The van der Waals surface area contributed by atoms with Gasteiger partial charge >= 0.3 is 6.18 Å². The summed E-state index contributed by atoms with van der Waals surface area (Å²) in [6, 6.07) is 14.9. The molecule has 0 radical (unpaired) electrons. The molecule has 0 bridgehead atoms. The Bertz CT molecular complexity index is 1210.